The van der Waals surface area contributed by atoms with Crippen molar-refractivity contribution >= 4 is 0 Å². The Hall–Kier alpha value is -1.68. The molecule has 2 aromatic rings. The molecule has 1 saturated carbocycles. The molecule has 1 heterocycles. The first-order chi connectivity index (χ1) is 9.31. The highest BCUT2D eigenvalue weighted by Gasteiger charge is 2.28. The van der Waals surface area contributed by atoms with Crippen molar-refractivity contribution in [2.24, 2.45) is 5.73 Å². The van der Waals surface area contributed by atoms with Gasteiger partial charge in [0.2, 0.25) is 0 Å². The van der Waals surface area contributed by atoms with Crippen LogP contribution < -0.4 is 5.73 Å². The first-order valence-electron chi connectivity index (χ1n) is 7.00. The van der Waals surface area contributed by atoms with Crippen LogP contribution in [-0.4, -0.2) is 15.0 Å². The lowest BCUT2D eigenvalue weighted by Crippen LogP contribution is -2.20. The first-order valence-corrected chi connectivity index (χ1v) is 7.00. The van der Waals surface area contributed by atoms with Crippen molar-refractivity contribution in [2.75, 3.05) is 0 Å². The molecule has 0 radical (unpaired) electrons. The molecule has 1 aromatic heterocycles. The minimum absolute atomic E-state index is 0.213. The zero-order valence-electron chi connectivity index (χ0n) is 11.3. The van der Waals surface area contributed by atoms with E-state index in [0.29, 0.717) is 12.5 Å². The second-order valence-electron chi connectivity index (χ2n) is 5.28. The number of hydrogen-bond acceptors (Lipinski definition) is 3. The van der Waals surface area contributed by atoms with Crippen LogP contribution in [0.3, 0.4) is 0 Å². The van der Waals surface area contributed by atoms with Crippen LogP contribution in [-0.2, 0) is 6.54 Å². The fourth-order valence-corrected chi connectivity index (χ4v) is 2.74. The van der Waals surface area contributed by atoms with Gasteiger partial charge in [-0.15, -0.1) is 5.10 Å². The van der Waals surface area contributed by atoms with Gasteiger partial charge in [-0.2, -0.15) is 0 Å². The highest BCUT2D eigenvalue weighted by atomic mass is 15.4. The fraction of sp³-hybridized carbons (Fsp3) is 0.467. The normalized spacial score (nSPS) is 17.2. The van der Waals surface area contributed by atoms with Crippen molar-refractivity contribution in [3.05, 3.63) is 47.3 Å². The molecular weight excluding hydrogens is 236 g/mol. The van der Waals surface area contributed by atoms with Crippen LogP contribution in [0.15, 0.2) is 30.3 Å². The van der Waals surface area contributed by atoms with Crippen molar-refractivity contribution in [1.82, 2.24) is 15.0 Å². The van der Waals surface area contributed by atoms with Crippen LogP contribution in [0.25, 0.3) is 0 Å². The summed E-state index contributed by atoms with van der Waals surface area (Å²) < 4.78 is 2.07. The Kier molecular flexibility index (Phi) is 3.34. The maximum Gasteiger partial charge on any atom is 0.0997 e. The maximum absolute atomic E-state index is 5.80. The van der Waals surface area contributed by atoms with Crippen LogP contribution in [0.1, 0.15) is 55.1 Å². The molecule has 1 aliphatic carbocycles. The first kappa shape index (κ1) is 12.4. The number of hydrogen-bond donors (Lipinski definition) is 1. The zero-order valence-corrected chi connectivity index (χ0v) is 11.3. The summed E-state index contributed by atoms with van der Waals surface area (Å²) in [4.78, 5) is 0. The van der Waals surface area contributed by atoms with Gasteiger partial charge in [-0.05, 0) is 25.3 Å². The predicted molar refractivity (Wildman–Crippen MR) is 74.8 cm³/mol. The van der Waals surface area contributed by atoms with Crippen LogP contribution in [0.5, 0.6) is 0 Å². The predicted octanol–water partition coefficient (Wildman–Crippen LogP) is 2.61. The van der Waals surface area contributed by atoms with Crippen LogP contribution in [0, 0.1) is 0 Å². The summed E-state index contributed by atoms with van der Waals surface area (Å²) in [5.41, 5.74) is 9.28. The summed E-state index contributed by atoms with van der Waals surface area (Å²) in [6.45, 7) is 2.65. The largest absolute Gasteiger partial charge is 0.325 e. The highest BCUT2D eigenvalue weighted by molar-refractivity contribution is 5.24. The van der Waals surface area contributed by atoms with Gasteiger partial charge in [0.15, 0.2) is 0 Å². The summed E-state index contributed by atoms with van der Waals surface area (Å²) in [6.07, 6.45) is 3.78. The van der Waals surface area contributed by atoms with E-state index < -0.39 is 0 Å². The van der Waals surface area contributed by atoms with Crippen molar-refractivity contribution in [3.63, 3.8) is 0 Å². The topological polar surface area (TPSA) is 56.7 Å². The fourth-order valence-electron chi connectivity index (χ4n) is 2.74. The Bertz CT molecular complexity index is 543. The van der Waals surface area contributed by atoms with E-state index in [9.17, 15) is 0 Å². The van der Waals surface area contributed by atoms with Crippen molar-refractivity contribution in [1.29, 1.82) is 0 Å². The second kappa shape index (κ2) is 5.13. The van der Waals surface area contributed by atoms with Gasteiger partial charge >= 0.3 is 0 Å². The third kappa shape index (κ3) is 2.16. The van der Waals surface area contributed by atoms with Gasteiger partial charge in [0.05, 0.1) is 17.4 Å². The van der Waals surface area contributed by atoms with Crippen molar-refractivity contribution in [2.45, 2.75) is 44.7 Å². The molecule has 19 heavy (non-hydrogen) atoms. The molecule has 100 valence electrons. The highest BCUT2D eigenvalue weighted by Crippen LogP contribution is 2.38. The molecule has 4 heteroatoms. The standard InChI is InChI=1S/C15H20N4/c1-11(12-6-3-2-4-7-12)19-15(13-8-5-9-13)14(10-16)17-18-19/h2-4,6-7,11,13H,5,8-10,16H2,1H3. The molecule has 1 aromatic carbocycles. The van der Waals surface area contributed by atoms with Gasteiger partial charge in [-0.25, -0.2) is 4.68 Å². The Balaban J connectivity index is 1.98. The molecule has 0 spiro atoms. The quantitative estimate of drug-likeness (QED) is 0.914. The Morgan fingerprint density at radius 2 is 2.05 bits per heavy atom. The minimum atomic E-state index is 0.213. The molecule has 0 amide bonds. The lowest BCUT2D eigenvalue weighted by atomic mass is 9.81. The van der Waals surface area contributed by atoms with E-state index in [1.54, 1.807) is 0 Å². The van der Waals surface area contributed by atoms with Crippen molar-refractivity contribution < 1.29 is 0 Å². The lowest BCUT2D eigenvalue weighted by Gasteiger charge is -2.28. The van der Waals surface area contributed by atoms with Gasteiger partial charge < -0.3 is 5.73 Å². The molecule has 0 saturated heterocycles. The molecular formula is C15H20N4. The van der Waals surface area contributed by atoms with Gasteiger partial charge in [0.1, 0.15) is 0 Å². The van der Waals surface area contributed by atoms with E-state index in [1.165, 1.54) is 30.5 Å². The molecule has 2 N–H and O–H groups in total. The molecule has 3 rings (SSSR count). The van der Waals surface area contributed by atoms with Gasteiger partial charge in [0.25, 0.3) is 0 Å². The van der Waals surface area contributed by atoms with Crippen LogP contribution in [0.2, 0.25) is 0 Å². The average Bonchev–Trinajstić information content (AvgIpc) is 2.80. The molecule has 1 aliphatic rings. The van der Waals surface area contributed by atoms with Crippen LogP contribution in [0.4, 0.5) is 0 Å². The van der Waals surface area contributed by atoms with E-state index in [0.717, 1.165) is 5.69 Å². The third-order valence-corrected chi connectivity index (χ3v) is 4.14. The summed E-state index contributed by atoms with van der Waals surface area (Å²) in [6, 6.07) is 10.7. The summed E-state index contributed by atoms with van der Waals surface area (Å²) in [5.74, 6) is 0.597. The van der Waals surface area contributed by atoms with Gasteiger partial charge in [-0.3, -0.25) is 0 Å². The molecule has 0 aliphatic heterocycles. The molecule has 4 nitrogen and oxygen atoms in total. The SMILES string of the molecule is CC(c1ccccc1)n1nnc(CN)c1C1CCC1. The second-order valence-corrected chi connectivity index (χ2v) is 5.28. The Morgan fingerprint density at radius 3 is 2.63 bits per heavy atom. The van der Waals surface area contributed by atoms with Gasteiger partial charge in [-0.1, -0.05) is 42.0 Å². The molecule has 1 unspecified atom stereocenters. The van der Waals surface area contributed by atoms with E-state index in [-0.39, 0.29) is 6.04 Å². The maximum atomic E-state index is 5.80. The monoisotopic (exact) mass is 256 g/mol. The number of nitrogens with zero attached hydrogens (tertiary/aromatic N) is 3. The molecule has 1 fully saturated rings. The van der Waals surface area contributed by atoms with E-state index in [4.69, 9.17) is 5.73 Å². The average molecular weight is 256 g/mol. The smallest absolute Gasteiger partial charge is 0.0997 e. The molecule has 1 atom stereocenters. The summed E-state index contributed by atoms with van der Waals surface area (Å²) in [5, 5.41) is 8.62. The Morgan fingerprint density at radius 1 is 1.32 bits per heavy atom. The lowest BCUT2D eigenvalue weighted by molar-refractivity contribution is 0.378. The third-order valence-electron chi connectivity index (χ3n) is 4.14. The van der Waals surface area contributed by atoms with Gasteiger partial charge in [0, 0.05) is 12.5 Å². The molecule has 0 bridgehead atoms. The number of aromatic nitrogens is 3. The zero-order chi connectivity index (χ0) is 13.2. The van der Waals surface area contributed by atoms with E-state index in [2.05, 4.69) is 46.2 Å². The van der Waals surface area contributed by atoms with Crippen LogP contribution >= 0.6 is 0 Å². The summed E-state index contributed by atoms with van der Waals surface area (Å²) >= 11 is 0. The number of nitrogens with two attached hydrogens (primary N) is 1. The van der Waals surface area contributed by atoms with E-state index in [1.807, 2.05) is 6.07 Å². The Labute approximate surface area is 113 Å². The minimum Gasteiger partial charge on any atom is -0.325 e. The summed E-state index contributed by atoms with van der Waals surface area (Å²) in [7, 11) is 0. The number of benzene rings is 1. The van der Waals surface area contributed by atoms with E-state index >= 15 is 0 Å². The number of rotatable bonds is 4. The van der Waals surface area contributed by atoms with Crippen molar-refractivity contribution in [3.8, 4) is 0 Å².